The van der Waals surface area contributed by atoms with Crippen LogP contribution >= 0.6 is 0 Å². The van der Waals surface area contributed by atoms with Crippen molar-refractivity contribution in [2.24, 2.45) is 11.8 Å². The third kappa shape index (κ3) is 6.98. The Balaban J connectivity index is 1.16. The number of amides is 3. The molecule has 2 fully saturated rings. The third-order valence-electron chi connectivity index (χ3n) is 10.2. The van der Waals surface area contributed by atoms with Crippen LogP contribution in [0.4, 0.5) is 4.79 Å². The van der Waals surface area contributed by atoms with Crippen LogP contribution < -0.4 is 5.32 Å². The molecule has 3 N–H and O–H groups in total. The van der Waals surface area contributed by atoms with Crippen LogP contribution in [0.25, 0.3) is 33.4 Å². The first-order chi connectivity index (χ1) is 24.0. The molecule has 0 unspecified atom stereocenters. The monoisotopic (exact) mass is 682 g/mol. The zero-order valence-corrected chi connectivity index (χ0v) is 30.2. The molecule has 6 rings (SSSR count). The summed E-state index contributed by atoms with van der Waals surface area (Å²) in [6.07, 6.45) is 4.71. The molecular formula is C38H50N8O4. The summed E-state index contributed by atoms with van der Waals surface area (Å²) >= 11 is 0. The number of aromatic nitrogens is 4. The lowest BCUT2D eigenvalue weighted by Gasteiger charge is -2.33. The number of carbonyl (C=O) groups excluding carboxylic acids is 3. The Kier molecular flexibility index (Phi) is 10.3. The van der Waals surface area contributed by atoms with E-state index in [9.17, 15) is 14.4 Å². The van der Waals surface area contributed by atoms with Crippen LogP contribution in [0.1, 0.15) is 77.1 Å². The topological polar surface area (TPSA) is 140 Å². The number of aromatic amines is 2. The number of hydrogen-bond acceptors (Lipinski definition) is 7. The van der Waals surface area contributed by atoms with Gasteiger partial charge in [-0.05, 0) is 80.4 Å². The SMILES string of the molecule is COC(=O)N[C@H](C(=O)N1CCC[C@H]1c1ncc(-c2ccc(-c3ccc4nc([C@@H]5CCCN5C(=O)[C@@H](C(C)C)N(C)C)[nH]c4c3)cc2)[nH]1)C(C)C. The second kappa shape index (κ2) is 14.6. The smallest absolute Gasteiger partial charge is 0.407 e. The number of benzene rings is 2. The highest BCUT2D eigenvalue weighted by molar-refractivity contribution is 5.87. The van der Waals surface area contributed by atoms with E-state index in [1.165, 1.54) is 7.11 Å². The van der Waals surface area contributed by atoms with Gasteiger partial charge in [0.25, 0.3) is 0 Å². The number of likely N-dealkylation sites (N-methyl/N-ethyl adjacent to an activating group) is 1. The number of nitrogens with one attached hydrogen (secondary N) is 3. The molecule has 2 aromatic carbocycles. The van der Waals surface area contributed by atoms with Crippen LogP contribution in [0.5, 0.6) is 0 Å². The van der Waals surface area contributed by atoms with Gasteiger partial charge in [0.15, 0.2) is 0 Å². The minimum absolute atomic E-state index is 0.0549. The molecule has 0 spiro atoms. The predicted octanol–water partition coefficient (Wildman–Crippen LogP) is 5.91. The molecule has 4 aromatic rings. The van der Waals surface area contributed by atoms with E-state index >= 15 is 0 Å². The van der Waals surface area contributed by atoms with E-state index in [0.29, 0.717) is 6.54 Å². The molecule has 2 saturated heterocycles. The number of methoxy groups -OCH3 is 1. The summed E-state index contributed by atoms with van der Waals surface area (Å²) in [5.41, 5.74) is 5.83. The summed E-state index contributed by atoms with van der Waals surface area (Å²) in [7, 11) is 5.24. The van der Waals surface area contributed by atoms with E-state index in [0.717, 1.165) is 77.3 Å². The quantitative estimate of drug-likeness (QED) is 0.189. The summed E-state index contributed by atoms with van der Waals surface area (Å²) < 4.78 is 4.76. The second-order valence-corrected chi connectivity index (χ2v) is 14.5. The van der Waals surface area contributed by atoms with Crippen LogP contribution in [-0.4, -0.2) is 98.9 Å². The van der Waals surface area contributed by atoms with Crippen molar-refractivity contribution in [3.8, 4) is 22.4 Å². The first-order valence-electron chi connectivity index (χ1n) is 17.7. The van der Waals surface area contributed by atoms with E-state index in [1.54, 1.807) is 0 Å². The van der Waals surface area contributed by atoms with Crippen LogP contribution in [0.3, 0.4) is 0 Å². The van der Waals surface area contributed by atoms with Crippen molar-refractivity contribution >= 4 is 28.9 Å². The van der Waals surface area contributed by atoms with Crippen molar-refractivity contribution in [3.63, 3.8) is 0 Å². The number of likely N-dealkylation sites (tertiary alicyclic amines) is 2. The maximum absolute atomic E-state index is 13.6. The van der Waals surface area contributed by atoms with Crippen molar-refractivity contribution in [2.75, 3.05) is 34.3 Å². The standard InChI is InChI=1S/C38H50N8O4/c1-22(2)32(43-38(49)50-7)36(47)45-18-8-10-30(45)34-39-21-29(42-34)25-14-12-24(13-15-25)26-16-17-27-28(20-26)41-35(40-27)31-11-9-19-46(31)37(48)33(23(3)4)44(5)6/h12-17,20-23,30-33H,8-11,18-19H2,1-7H3,(H,39,42)(H,40,41)(H,43,49)/t30-,31-,32-,33+/m0/s1. The molecule has 2 aliphatic rings. The van der Waals surface area contributed by atoms with E-state index in [4.69, 9.17) is 9.72 Å². The summed E-state index contributed by atoms with van der Waals surface area (Å²) in [6, 6.07) is 13.5. The van der Waals surface area contributed by atoms with Gasteiger partial charge in [-0.2, -0.15) is 0 Å². The molecule has 0 saturated carbocycles. The van der Waals surface area contributed by atoms with Gasteiger partial charge in [-0.3, -0.25) is 14.5 Å². The lowest BCUT2D eigenvalue weighted by atomic mass is 10.0. The Hall–Kier alpha value is -4.71. The van der Waals surface area contributed by atoms with Crippen LogP contribution in [-0.2, 0) is 14.3 Å². The Labute approximate surface area is 294 Å². The van der Waals surface area contributed by atoms with E-state index in [2.05, 4.69) is 70.5 Å². The van der Waals surface area contributed by atoms with Gasteiger partial charge < -0.3 is 29.8 Å². The Morgan fingerprint density at radius 1 is 0.840 bits per heavy atom. The molecule has 4 atom stereocenters. The van der Waals surface area contributed by atoms with Crippen molar-refractivity contribution in [1.82, 2.24) is 40.0 Å². The van der Waals surface area contributed by atoms with E-state index in [-0.39, 0.29) is 41.8 Å². The van der Waals surface area contributed by atoms with Gasteiger partial charge in [-0.1, -0.05) is 58.0 Å². The van der Waals surface area contributed by atoms with E-state index in [1.807, 2.05) is 54.9 Å². The van der Waals surface area contributed by atoms with Gasteiger partial charge >= 0.3 is 6.09 Å². The van der Waals surface area contributed by atoms with Gasteiger partial charge in [0.05, 0.1) is 48.2 Å². The average Bonchev–Trinajstić information content (AvgIpc) is 3.91. The fraction of sp³-hybridized carbons (Fsp3) is 0.500. The van der Waals surface area contributed by atoms with Crippen molar-refractivity contribution in [3.05, 3.63) is 60.3 Å². The number of nitrogens with zero attached hydrogens (tertiary/aromatic N) is 5. The van der Waals surface area contributed by atoms with Gasteiger partial charge in [0, 0.05) is 13.1 Å². The normalized spacial score (nSPS) is 19.2. The van der Waals surface area contributed by atoms with Gasteiger partial charge in [-0.15, -0.1) is 0 Å². The zero-order chi connectivity index (χ0) is 35.7. The number of carbonyl (C=O) groups is 3. The average molecular weight is 683 g/mol. The molecule has 266 valence electrons. The van der Waals surface area contributed by atoms with Gasteiger partial charge in [0.1, 0.15) is 17.7 Å². The number of fused-ring (bicyclic) bond motifs is 1. The summed E-state index contributed by atoms with van der Waals surface area (Å²) in [5, 5.41) is 2.70. The minimum atomic E-state index is -0.676. The Morgan fingerprint density at radius 3 is 2.08 bits per heavy atom. The zero-order valence-electron chi connectivity index (χ0n) is 30.2. The largest absolute Gasteiger partial charge is 0.453 e. The van der Waals surface area contributed by atoms with E-state index < -0.39 is 12.1 Å². The maximum atomic E-state index is 13.6. The summed E-state index contributed by atoms with van der Waals surface area (Å²) in [4.78, 5) is 61.5. The molecule has 4 heterocycles. The highest BCUT2D eigenvalue weighted by Gasteiger charge is 2.39. The first-order valence-corrected chi connectivity index (χ1v) is 17.7. The third-order valence-corrected chi connectivity index (χ3v) is 10.2. The lowest BCUT2D eigenvalue weighted by Crippen LogP contribution is -2.51. The molecule has 3 amide bonds. The number of hydrogen-bond donors (Lipinski definition) is 3. The lowest BCUT2D eigenvalue weighted by molar-refractivity contribution is -0.138. The van der Waals surface area contributed by atoms with Crippen LogP contribution in [0.2, 0.25) is 0 Å². The maximum Gasteiger partial charge on any atom is 0.407 e. The number of ether oxygens (including phenoxy) is 1. The molecule has 2 aliphatic heterocycles. The van der Waals surface area contributed by atoms with Crippen LogP contribution in [0.15, 0.2) is 48.7 Å². The highest BCUT2D eigenvalue weighted by atomic mass is 16.5. The molecule has 12 heteroatoms. The minimum Gasteiger partial charge on any atom is -0.453 e. The number of imidazole rings is 2. The predicted molar refractivity (Wildman–Crippen MR) is 193 cm³/mol. The fourth-order valence-corrected chi connectivity index (χ4v) is 7.64. The number of rotatable bonds is 10. The molecule has 0 radical (unpaired) electrons. The van der Waals surface area contributed by atoms with Crippen molar-refractivity contribution < 1.29 is 19.1 Å². The molecule has 50 heavy (non-hydrogen) atoms. The molecule has 0 aliphatic carbocycles. The summed E-state index contributed by atoms with van der Waals surface area (Å²) in [5.74, 6) is 1.74. The van der Waals surface area contributed by atoms with Gasteiger partial charge in [-0.25, -0.2) is 14.8 Å². The highest BCUT2D eigenvalue weighted by Crippen LogP contribution is 2.35. The van der Waals surface area contributed by atoms with Crippen LogP contribution in [0, 0.1) is 11.8 Å². The fourth-order valence-electron chi connectivity index (χ4n) is 7.64. The number of alkyl carbamates (subject to hydrolysis) is 1. The molecule has 2 aromatic heterocycles. The van der Waals surface area contributed by atoms with Gasteiger partial charge in [0.2, 0.25) is 11.8 Å². The number of H-pyrrole nitrogens is 2. The summed E-state index contributed by atoms with van der Waals surface area (Å²) in [6.45, 7) is 9.36. The first kappa shape index (κ1) is 35.1. The molecule has 0 bridgehead atoms. The Bertz CT molecular complexity index is 1820. The Morgan fingerprint density at radius 2 is 1.46 bits per heavy atom. The molecular weight excluding hydrogens is 632 g/mol. The van der Waals surface area contributed by atoms with Crippen molar-refractivity contribution in [1.29, 1.82) is 0 Å². The second-order valence-electron chi connectivity index (χ2n) is 14.5. The molecule has 12 nitrogen and oxygen atoms in total. The van der Waals surface area contributed by atoms with Crippen molar-refractivity contribution in [2.45, 2.75) is 77.5 Å².